The Bertz CT molecular complexity index is 1200. The molecule has 3 aromatic carbocycles. The molecule has 0 atom stereocenters. The SMILES string of the molecule is COc1cccc(NC(=O)COc2ccc(C(=O)OCc3ccc(C(=O)N4CCCC4)cc3)cc2)c1. The molecule has 8 nitrogen and oxygen atoms in total. The van der Waals surface area contributed by atoms with Gasteiger partial charge in [-0.2, -0.15) is 0 Å². The number of hydrogen-bond donors (Lipinski definition) is 1. The number of benzene rings is 3. The van der Waals surface area contributed by atoms with Crippen LogP contribution in [-0.2, 0) is 16.1 Å². The number of amides is 2. The van der Waals surface area contributed by atoms with Crippen molar-refractivity contribution < 1.29 is 28.6 Å². The molecule has 1 saturated heterocycles. The summed E-state index contributed by atoms with van der Waals surface area (Å²) in [5, 5.41) is 2.73. The lowest BCUT2D eigenvalue weighted by molar-refractivity contribution is -0.118. The average Bonchev–Trinajstić information content (AvgIpc) is 3.46. The zero-order valence-corrected chi connectivity index (χ0v) is 20.1. The molecule has 1 aliphatic heterocycles. The summed E-state index contributed by atoms with van der Waals surface area (Å²) in [5.74, 6) is 0.331. The maximum Gasteiger partial charge on any atom is 0.338 e. The second kappa shape index (κ2) is 11.9. The summed E-state index contributed by atoms with van der Waals surface area (Å²) in [7, 11) is 1.56. The van der Waals surface area contributed by atoms with E-state index < -0.39 is 5.97 Å². The molecule has 0 radical (unpaired) electrons. The van der Waals surface area contributed by atoms with Gasteiger partial charge in [-0.3, -0.25) is 9.59 Å². The van der Waals surface area contributed by atoms with Crippen molar-refractivity contribution in [1.29, 1.82) is 0 Å². The van der Waals surface area contributed by atoms with Gasteiger partial charge in [-0.05, 0) is 66.9 Å². The molecule has 2 amide bonds. The summed E-state index contributed by atoms with van der Waals surface area (Å²) < 4.78 is 16.0. The fourth-order valence-corrected chi connectivity index (χ4v) is 3.81. The van der Waals surface area contributed by atoms with Crippen LogP contribution in [0.5, 0.6) is 11.5 Å². The molecule has 0 aliphatic carbocycles. The topological polar surface area (TPSA) is 94.2 Å². The van der Waals surface area contributed by atoms with Gasteiger partial charge >= 0.3 is 5.97 Å². The van der Waals surface area contributed by atoms with Crippen LogP contribution in [0.2, 0.25) is 0 Å². The van der Waals surface area contributed by atoms with Crippen molar-refractivity contribution >= 4 is 23.5 Å². The number of nitrogens with zero attached hydrogens (tertiary/aromatic N) is 1. The summed E-state index contributed by atoms with van der Waals surface area (Å²) >= 11 is 0. The maximum absolute atomic E-state index is 12.4. The van der Waals surface area contributed by atoms with Crippen LogP contribution in [0.25, 0.3) is 0 Å². The highest BCUT2D eigenvalue weighted by molar-refractivity contribution is 5.94. The van der Waals surface area contributed by atoms with Crippen molar-refractivity contribution in [3.63, 3.8) is 0 Å². The third kappa shape index (κ3) is 6.63. The van der Waals surface area contributed by atoms with Crippen molar-refractivity contribution in [2.75, 3.05) is 32.1 Å². The van der Waals surface area contributed by atoms with Gasteiger partial charge in [0.05, 0.1) is 12.7 Å². The quantitative estimate of drug-likeness (QED) is 0.451. The monoisotopic (exact) mass is 488 g/mol. The van der Waals surface area contributed by atoms with Crippen LogP contribution in [0, 0.1) is 0 Å². The van der Waals surface area contributed by atoms with Gasteiger partial charge in [0.2, 0.25) is 0 Å². The summed E-state index contributed by atoms with van der Waals surface area (Å²) in [6.07, 6.45) is 2.10. The molecule has 8 heteroatoms. The Balaban J connectivity index is 1.22. The second-order valence-electron chi connectivity index (χ2n) is 8.37. The predicted octanol–water partition coefficient (Wildman–Crippen LogP) is 4.31. The molecule has 0 bridgehead atoms. The Morgan fingerprint density at radius 2 is 1.56 bits per heavy atom. The third-order valence-electron chi connectivity index (χ3n) is 5.78. The number of ether oxygens (including phenoxy) is 3. The Labute approximate surface area is 209 Å². The van der Waals surface area contributed by atoms with Gasteiger partial charge in [-0.25, -0.2) is 4.79 Å². The smallest absolute Gasteiger partial charge is 0.338 e. The predicted molar refractivity (Wildman–Crippen MR) is 134 cm³/mol. The molecule has 4 rings (SSSR count). The number of methoxy groups -OCH3 is 1. The molecular weight excluding hydrogens is 460 g/mol. The van der Waals surface area contributed by atoms with Crippen LogP contribution in [0.4, 0.5) is 5.69 Å². The maximum atomic E-state index is 12.4. The van der Waals surface area contributed by atoms with Crippen LogP contribution >= 0.6 is 0 Å². The molecule has 186 valence electrons. The van der Waals surface area contributed by atoms with Crippen LogP contribution in [0.15, 0.2) is 72.8 Å². The number of carbonyl (C=O) groups is 3. The minimum atomic E-state index is -0.477. The van der Waals surface area contributed by atoms with Crippen LogP contribution in [0.3, 0.4) is 0 Å². The van der Waals surface area contributed by atoms with Crippen molar-refractivity contribution in [3.8, 4) is 11.5 Å². The average molecular weight is 489 g/mol. The van der Waals surface area contributed by atoms with Crippen LogP contribution in [-0.4, -0.2) is 49.5 Å². The number of anilines is 1. The number of nitrogens with one attached hydrogen (secondary N) is 1. The Kier molecular flexibility index (Phi) is 8.18. The summed E-state index contributed by atoms with van der Waals surface area (Å²) in [6, 6.07) is 20.5. The Morgan fingerprint density at radius 1 is 0.861 bits per heavy atom. The van der Waals surface area contributed by atoms with E-state index in [4.69, 9.17) is 14.2 Å². The highest BCUT2D eigenvalue weighted by Crippen LogP contribution is 2.18. The van der Waals surface area contributed by atoms with Gasteiger partial charge in [-0.15, -0.1) is 0 Å². The Morgan fingerprint density at radius 3 is 2.25 bits per heavy atom. The first-order chi connectivity index (χ1) is 17.5. The zero-order valence-electron chi connectivity index (χ0n) is 20.1. The minimum Gasteiger partial charge on any atom is -0.497 e. The lowest BCUT2D eigenvalue weighted by Crippen LogP contribution is -2.27. The van der Waals surface area contributed by atoms with E-state index in [1.807, 2.05) is 4.90 Å². The normalized spacial score (nSPS) is 12.6. The van der Waals surface area contributed by atoms with Crippen molar-refractivity contribution in [2.24, 2.45) is 0 Å². The lowest BCUT2D eigenvalue weighted by Gasteiger charge is -2.15. The highest BCUT2D eigenvalue weighted by Gasteiger charge is 2.19. The Hall–Kier alpha value is -4.33. The van der Waals surface area contributed by atoms with Crippen molar-refractivity contribution in [1.82, 2.24) is 4.90 Å². The van der Waals surface area contributed by atoms with E-state index in [0.717, 1.165) is 31.5 Å². The van der Waals surface area contributed by atoms with Crippen LogP contribution < -0.4 is 14.8 Å². The largest absolute Gasteiger partial charge is 0.497 e. The molecule has 0 aromatic heterocycles. The van der Waals surface area contributed by atoms with Gasteiger partial charge in [0.1, 0.15) is 18.1 Å². The molecule has 0 unspecified atom stereocenters. The van der Waals surface area contributed by atoms with E-state index in [-0.39, 0.29) is 25.0 Å². The highest BCUT2D eigenvalue weighted by atomic mass is 16.5. The van der Waals surface area contributed by atoms with E-state index in [0.29, 0.717) is 28.3 Å². The van der Waals surface area contributed by atoms with Gasteiger partial charge in [-0.1, -0.05) is 18.2 Å². The minimum absolute atomic E-state index is 0.0381. The lowest BCUT2D eigenvalue weighted by atomic mass is 10.1. The first-order valence-electron chi connectivity index (χ1n) is 11.7. The molecule has 1 N–H and O–H groups in total. The van der Waals surface area contributed by atoms with Crippen molar-refractivity contribution in [3.05, 3.63) is 89.5 Å². The van der Waals surface area contributed by atoms with Gasteiger partial charge in [0.25, 0.3) is 11.8 Å². The zero-order chi connectivity index (χ0) is 25.3. The molecule has 3 aromatic rings. The first kappa shape index (κ1) is 24.8. The number of esters is 1. The van der Waals surface area contributed by atoms with Gasteiger partial charge < -0.3 is 24.4 Å². The number of carbonyl (C=O) groups excluding carboxylic acids is 3. The fourth-order valence-electron chi connectivity index (χ4n) is 3.81. The van der Waals surface area contributed by atoms with E-state index in [9.17, 15) is 14.4 Å². The molecule has 36 heavy (non-hydrogen) atoms. The molecule has 0 spiro atoms. The van der Waals surface area contributed by atoms with E-state index in [1.54, 1.807) is 79.9 Å². The molecule has 1 fully saturated rings. The van der Waals surface area contributed by atoms with E-state index >= 15 is 0 Å². The van der Waals surface area contributed by atoms with E-state index in [1.165, 1.54) is 0 Å². The summed E-state index contributed by atoms with van der Waals surface area (Å²) in [6.45, 7) is 1.52. The molecule has 1 aliphatic rings. The molecule has 0 saturated carbocycles. The fraction of sp³-hybridized carbons (Fsp3) is 0.250. The second-order valence-corrected chi connectivity index (χ2v) is 8.37. The first-order valence-corrected chi connectivity index (χ1v) is 11.7. The van der Waals surface area contributed by atoms with Gasteiger partial charge in [0, 0.05) is 30.4 Å². The van der Waals surface area contributed by atoms with Crippen molar-refractivity contribution in [2.45, 2.75) is 19.4 Å². The molecular formula is C28H28N2O6. The van der Waals surface area contributed by atoms with E-state index in [2.05, 4.69) is 5.32 Å². The number of hydrogen-bond acceptors (Lipinski definition) is 6. The van der Waals surface area contributed by atoms with Crippen LogP contribution in [0.1, 0.15) is 39.1 Å². The standard InChI is InChI=1S/C28H28N2O6/c1-34-25-6-4-5-23(17-25)29-26(31)19-35-24-13-11-22(12-14-24)28(33)36-18-20-7-9-21(10-8-20)27(32)30-15-2-3-16-30/h4-14,17H,2-3,15-16,18-19H2,1H3,(H,29,31). The number of rotatable bonds is 9. The van der Waals surface area contributed by atoms with Gasteiger partial charge in [0.15, 0.2) is 6.61 Å². The summed E-state index contributed by atoms with van der Waals surface area (Å²) in [5.41, 5.74) is 2.40. The third-order valence-corrected chi connectivity index (χ3v) is 5.78. The summed E-state index contributed by atoms with van der Waals surface area (Å²) in [4.78, 5) is 38.8. The molecule has 1 heterocycles. The number of likely N-dealkylation sites (tertiary alicyclic amines) is 1.